The highest BCUT2D eigenvalue weighted by Crippen LogP contribution is 2.18. The van der Waals surface area contributed by atoms with Crippen LogP contribution >= 0.6 is 0 Å². The Kier molecular flexibility index (Phi) is 5.44. The van der Waals surface area contributed by atoms with Crippen LogP contribution in [0.5, 0.6) is 0 Å². The van der Waals surface area contributed by atoms with Crippen LogP contribution in [0, 0.1) is 5.92 Å². The van der Waals surface area contributed by atoms with Crippen LogP contribution in [0.25, 0.3) is 0 Å². The first-order valence-corrected chi connectivity index (χ1v) is 8.70. The number of nitrogens with zero attached hydrogens (tertiary/aromatic N) is 6. The molecule has 2 aliphatic rings. The first kappa shape index (κ1) is 16.9. The van der Waals surface area contributed by atoms with E-state index in [0.717, 1.165) is 26.1 Å². The molecule has 1 aromatic heterocycles. The molecule has 8 nitrogen and oxygen atoms in total. The fraction of sp³-hybridized carbons (Fsp3) is 0.750. The lowest BCUT2D eigenvalue weighted by Gasteiger charge is -2.37. The molecule has 0 unspecified atom stereocenters. The summed E-state index contributed by atoms with van der Waals surface area (Å²) in [5.74, 6) is 0.788. The molecule has 0 aromatic carbocycles. The predicted molar refractivity (Wildman–Crippen MR) is 88.0 cm³/mol. The summed E-state index contributed by atoms with van der Waals surface area (Å²) in [5.41, 5.74) is 0. The van der Waals surface area contributed by atoms with E-state index in [0.29, 0.717) is 38.6 Å². The molecular weight excluding hydrogens is 308 g/mol. The monoisotopic (exact) mass is 334 g/mol. The van der Waals surface area contributed by atoms with Gasteiger partial charge >= 0.3 is 0 Å². The fourth-order valence-corrected chi connectivity index (χ4v) is 3.60. The fourth-order valence-electron chi connectivity index (χ4n) is 3.60. The van der Waals surface area contributed by atoms with E-state index in [1.165, 1.54) is 6.42 Å². The van der Waals surface area contributed by atoms with Gasteiger partial charge in [-0.2, -0.15) is 5.10 Å². The number of piperidine rings is 1. The second kappa shape index (κ2) is 7.74. The topological polar surface area (TPSA) is 74.6 Å². The molecule has 0 N–H and O–H groups in total. The standard InChI is InChI=1S/C16H26N6O2/c1-14(23)20-5-7-21(8-6-20)16(24)11-19-4-2-3-15(9-19)10-22-13-17-12-18-22/h12-13,15H,2-11H2,1H3/t15-/m1/s1. The van der Waals surface area contributed by atoms with Crippen LogP contribution in [-0.2, 0) is 16.1 Å². The summed E-state index contributed by atoms with van der Waals surface area (Å²) in [6.07, 6.45) is 5.59. The van der Waals surface area contributed by atoms with E-state index >= 15 is 0 Å². The van der Waals surface area contributed by atoms with E-state index in [1.54, 1.807) is 24.5 Å². The minimum Gasteiger partial charge on any atom is -0.339 e. The molecule has 132 valence electrons. The molecular formula is C16H26N6O2. The molecule has 0 spiro atoms. The number of likely N-dealkylation sites (tertiary alicyclic amines) is 1. The number of carbonyl (C=O) groups is 2. The van der Waals surface area contributed by atoms with Gasteiger partial charge in [-0.1, -0.05) is 0 Å². The van der Waals surface area contributed by atoms with Crippen LogP contribution < -0.4 is 0 Å². The summed E-state index contributed by atoms with van der Waals surface area (Å²) in [7, 11) is 0. The highest BCUT2D eigenvalue weighted by Gasteiger charge is 2.26. The van der Waals surface area contributed by atoms with E-state index in [9.17, 15) is 9.59 Å². The summed E-state index contributed by atoms with van der Waals surface area (Å²) in [5, 5.41) is 4.17. The molecule has 0 saturated carbocycles. The summed E-state index contributed by atoms with van der Waals surface area (Å²) in [6.45, 7) is 7.43. The first-order valence-electron chi connectivity index (χ1n) is 8.70. The summed E-state index contributed by atoms with van der Waals surface area (Å²) < 4.78 is 1.87. The number of aromatic nitrogens is 3. The predicted octanol–water partition coefficient (Wildman–Crippen LogP) is -0.319. The average molecular weight is 334 g/mol. The number of carbonyl (C=O) groups excluding carboxylic acids is 2. The third-order valence-electron chi connectivity index (χ3n) is 4.95. The van der Waals surface area contributed by atoms with Gasteiger partial charge in [-0.25, -0.2) is 4.98 Å². The Morgan fingerprint density at radius 2 is 1.88 bits per heavy atom. The number of hydrogen-bond acceptors (Lipinski definition) is 5. The smallest absolute Gasteiger partial charge is 0.236 e. The third-order valence-corrected chi connectivity index (χ3v) is 4.95. The van der Waals surface area contributed by atoms with E-state index in [-0.39, 0.29) is 11.8 Å². The van der Waals surface area contributed by atoms with Crippen molar-refractivity contribution in [3.8, 4) is 0 Å². The molecule has 24 heavy (non-hydrogen) atoms. The molecule has 1 atom stereocenters. The molecule has 0 radical (unpaired) electrons. The molecule has 8 heteroatoms. The lowest BCUT2D eigenvalue weighted by molar-refractivity contribution is -0.139. The van der Waals surface area contributed by atoms with Crippen LogP contribution in [-0.4, -0.2) is 87.1 Å². The van der Waals surface area contributed by atoms with Crippen molar-refractivity contribution in [1.82, 2.24) is 29.5 Å². The Bertz CT molecular complexity index is 553. The number of piperazine rings is 1. The summed E-state index contributed by atoms with van der Waals surface area (Å²) in [4.78, 5) is 33.8. The minimum atomic E-state index is 0.0917. The van der Waals surface area contributed by atoms with Gasteiger partial charge < -0.3 is 9.80 Å². The zero-order valence-electron chi connectivity index (χ0n) is 14.3. The molecule has 0 aliphatic carbocycles. The zero-order chi connectivity index (χ0) is 16.9. The van der Waals surface area contributed by atoms with E-state index in [2.05, 4.69) is 15.0 Å². The van der Waals surface area contributed by atoms with Crippen molar-refractivity contribution >= 4 is 11.8 Å². The molecule has 2 fully saturated rings. The quantitative estimate of drug-likeness (QED) is 0.754. The number of amides is 2. The Labute approximate surface area is 142 Å². The molecule has 0 bridgehead atoms. The lowest BCUT2D eigenvalue weighted by Crippen LogP contribution is -2.53. The normalized spacial score (nSPS) is 22.6. The molecule has 2 saturated heterocycles. The van der Waals surface area contributed by atoms with Gasteiger partial charge in [0.25, 0.3) is 0 Å². The highest BCUT2D eigenvalue weighted by molar-refractivity contribution is 5.79. The van der Waals surface area contributed by atoms with Crippen molar-refractivity contribution in [2.45, 2.75) is 26.3 Å². The largest absolute Gasteiger partial charge is 0.339 e. The van der Waals surface area contributed by atoms with Crippen molar-refractivity contribution in [3.05, 3.63) is 12.7 Å². The van der Waals surface area contributed by atoms with E-state index in [4.69, 9.17) is 0 Å². The molecule has 3 rings (SSSR count). The molecule has 3 heterocycles. The Hall–Kier alpha value is -1.96. The van der Waals surface area contributed by atoms with Crippen LogP contribution in [0.2, 0.25) is 0 Å². The van der Waals surface area contributed by atoms with Gasteiger partial charge in [0.2, 0.25) is 11.8 Å². The minimum absolute atomic E-state index is 0.0917. The van der Waals surface area contributed by atoms with E-state index < -0.39 is 0 Å². The second-order valence-electron chi connectivity index (χ2n) is 6.75. The highest BCUT2D eigenvalue weighted by atomic mass is 16.2. The molecule has 2 aliphatic heterocycles. The number of rotatable bonds is 4. The maximum Gasteiger partial charge on any atom is 0.236 e. The van der Waals surface area contributed by atoms with Gasteiger partial charge in [0, 0.05) is 46.2 Å². The Morgan fingerprint density at radius 3 is 2.54 bits per heavy atom. The summed E-state index contributed by atoms with van der Waals surface area (Å²) >= 11 is 0. The van der Waals surface area contributed by atoms with E-state index in [1.807, 2.05) is 9.58 Å². The molecule has 2 amide bonds. The maximum absolute atomic E-state index is 12.5. The number of hydrogen-bond donors (Lipinski definition) is 0. The van der Waals surface area contributed by atoms with Crippen molar-refractivity contribution in [2.75, 3.05) is 45.8 Å². The Balaban J connectivity index is 1.45. The first-order chi connectivity index (χ1) is 11.6. The van der Waals surface area contributed by atoms with Gasteiger partial charge in [0.15, 0.2) is 0 Å². The van der Waals surface area contributed by atoms with Crippen LogP contribution in [0.15, 0.2) is 12.7 Å². The molecule has 1 aromatic rings. The van der Waals surface area contributed by atoms with Crippen LogP contribution in [0.1, 0.15) is 19.8 Å². The van der Waals surface area contributed by atoms with Crippen molar-refractivity contribution < 1.29 is 9.59 Å². The van der Waals surface area contributed by atoms with Gasteiger partial charge in [0.1, 0.15) is 12.7 Å². The van der Waals surface area contributed by atoms with Gasteiger partial charge in [-0.3, -0.25) is 19.2 Å². The Morgan fingerprint density at radius 1 is 1.12 bits per heavy atom. The van der Waals surface area contributed by atoms with Gasteiger partial charge in [-0.05, 0) is 25.3 Å². The second-order valence-corrected chi connectivity index (χ2v) is 6.75. The zero-order valence-corrected chi connectivity index (χ0v) is 14.3. The van der Waals surface area contributed by atoms with Crippen molar-refractivity contribution in [3.63, 3.8) is 0 Å². The van der Waals surface area contributed by atoms with Crippen molar-refractivity contribution in [2.24, 2.45) is 5.92 Å². The average Bonchev–Trinajstić information content (AvgIpc) is 3.08. The van der Waals surface area contributed by atoms with Crippen LogP contribution in [0.4, 0.5) is 0 Å². The third kappa shape index (κ3) is 4.31. The SMILES string of the molecule is CC(=O)N1CCN(C(=O)CN2CCC[C@@H](Cn3cncn3)C2)CC1. The maximum atomic E-state index is 12.5. The summed E-state index contributed by atoms with van der Waals surface area (Å²) in [6, 6.07) is 0. The van der Waals surface area contributed by atoms with Gasteiger partial charge in [0.05, 0.1) is 6.54 Å². The van der Waals surface area contributed by atoms with Crippen LogP contribution in [0.3, 0.4) is 0 Å². The lowest BCUT2D eigenvalue weighted by atomic mass is 9.98. The van der Waals surface area contributed by atoms with Crippen molar-refractivity contribution in [1.29, 1.82) is 0 Å². The van der Waals surface area contributed by atoms with Gasteiger partial charge in [-0.15, -0.1) is 0 Å².